The van der Waals surface area contributed by atoms with Crippen LogP contribution in [-0.2, 0) is 30.6 Å². The molecule has 2 atom stereocenters. The Kier molecular flexibility index (Phi) is 31.2. The molecule has 0 unspecified atom stereocenters. The first-order valence-electron chi connectivity index (χ1n) is 17.0. The molecule has 1 aromatic rings. The van der Waals surface area contributed by atoms with Crippen molar-refractivity contribution in [3.63, 3.8) is 0 Å². The lowest BCUT2D eigenvalue weighted by atomic mass is 9.89. The molecule has 15 heteroatoms. The van der Waals surface area contributed by atoms with Gasteiger partial charge in [0.25, 0.3) is 11.8 Å². The molecule has 1 heterocycles. The number of ketones is 1. The molecule has 0 saturated heterocycles. The third-order valence-corrected chi connectivity index (χ3v) is 8.93. The van der Waals surface area contributed by atoms with E-state index in [9.17, 15) is 33.9 Å². The number of carbonyl (C=O) groups is 6. The maximum absolute atomic E-state index is 13.4. The zero-order valence-electron chi connectivity index (χ0n) is 30.4. The number of unbranched alkanes of at least 4 members (excludes halogenated alkanes) is 2. The summed E-state index contributed by atoms with van der Waals surface area (Å²) >= 11 is 6.18. The number of hydrogen-bond donors (Lipinski definition) is 6. The van der Waals surface area contributed by atoms with Crippen molar-refractivity contribution < 1.29 is 39.0 Å². The van der Waals surface area contributed by atoms with Gasteiger partial charge in [0.15, 0.2) is 5.78 Å². The van der Waals surface area contributed by atoms with Crippen LogP contribution in [0.3, 0.4) is 0 Å². The topological polar surface area (TPSA) is 208 Å². The van der Waals surface area contributed by atoms with Crippen LogP contribution in [0.15, 0.2) is 33.2 Å². The van der Waals surface area contributed by atoms with E-state index in [2.05, 4.69) is 61.7 Å². The Morgan fingerprint density at radius 2 is 1.43 bits per heavy atom. The Bertz CT molecular complexity index is 1220. The van der Waals surface area contributed by atoms with E-state index in [0.717, 1.165) is 12.0 Å². The summed E-state index contributed by atoms with van der Waals surface area (Å²) < 4.78 is 0.389. The minimum Gasteiger partial charge on any atom is -0.400 e. The average molecular weight is 852 g/mol. The lowest BCUT2D eigenvalue weighted by molar-refractivity contribution is -0.137. The molecule has 0 bridgehead atoms. The van der Waals surface area contributed by atoms with Crippen molar-refractivity contribution in [2.75, 3.05) is 25.5 Å². The van der Waals surface area contributed by atoms with E-state index < -0.39 is 29.8 Å². The molecule has 2 rings (SSSR count). The molecule has 1 aliphatic rings. The second kappa shape index (κ2) is 30.5. The molecule has 51 heavy (non-hydrogen) atoms. The van der Waals surface area contributed by atoms with Crippen LogP contribution in [-0.4, -0.2) is 76.8 Å². The first kappa shape index (κ1) is 52.2. The van der Waals surface area contributed by atoms with Crippen molar-refractivity contribution in [1.29, 1.82) is 0 Å². The van der Waals surface area contributed by atoms with Gasteiger partial charge in [-0.3, -0.25) is 28.9 Å². The number of primary amides is 1. The van der Waals surface area contributed by atoms with E-state index in [0.29, 0.717) is 43.4 Å². The molecule has 1 aliphatic heterocycles. The Hall–Kier alpha value is -3.14. The van der Waals surface area contributed by atoms with Crippen molar-refractivity contribution in [3.8, 4) is 0 Å². The Morgan fingerprint density at radius 1 is 0.902 bits per heavy atom. The fourth-order valence-electron chi connectivity index (χ4n) is 4.51. The standard InChI is InChI=1S/C29H39Br2N5O7.C3H8.C2H6.CH4O.CH4/c1-17(2)25(35-22(39)8-4-3-5-14-36-27(41)23(30)24(31)28(36)42)21(38)15-19(7-6-13-33-29(32)43)26(40)34-20-11-9-18(16-37)10-12-20;1-3-2;2*1-2;/h9-12,17,19,25,37H,3-8,13-16H2,1-2H3,(H,34,40)(H,35,39)(H3,32,33,43);3H2,1-2H3;1-2H3;2H,1H3;1H4/t19-,25+;;;;/m1..../s1. The number of nitrogens with two attached hydrogens (primary N) is 1. The maximum Gasteiger partial charge on any atom is 0.312 e. The number of carbonyl (C=O) groups excluding carboxylic acids is 6. The zero-order valence-corrected chi connectivity index (χ0v) is 33.6. The van der Waals surface area contributed by atoms with E-state index in [-0.39, 0.29) is 72.4 Å². The summed E-state index contributed by atoms with van der Waals surface area (Å²) in [6, 6.07) is 5.19. The number of hydrogen-bond acceptors (Lipinski definition) is 8. The summed E-state index contributed by atoms with van der Waals surface area (Å²) in [6.07, 6.45) is 3.64. The van der Waals surface area contributed by atoms with Crippen LogP contribution in [0, 0.1) is 11.8 Å². The number of Topliss-reactive ketones (excluding diaryl/α,β-unsaturated/α-hetero) is 1. The minimum absolute atomic E-state index is 0. The molecular weight excluding hydrogens is 790 g/mol. The number of benzene rings is 1. The van der Waals surface area contributed by atoms with Crippen LogP contribution >= 0.6 is 31.9 Å². The van der Waals surface area contributed by atoms with Crippen molar-refractivity contribution in [2.45, 2.75) is 113 Å². The minimum atomic E-state index is -0.795. The third-order valence-electron chi connectivity index (χ3n) is 6.93. The fraction of sp³-hybridized carbons (Fsp3) is 0.611. The van der Waals surface area contributed by atoms with Crippen molar-refractivity contribution >= 4 is 73.0 Å². The zero-order chi connectivity index (χ0) is 38.8. The number of anilines is 1. The van der Waals surface area contributed by atoms with Crippen LogP contribution in [0.2, 0.25) is 0 Å². The van der Waals surface area contributed by atoms with Gasteiger partial charge in [-0.1, -0.05) is 73.9 Å². The molecule has 1 aromatic carbocycles. The largest absolute Gasteiger partial charge is 0.400 e. The maximum atomic E-state index is 13.4. The van der Waals surface area contributed by atoms with Crippen LogP contribution in [0.1, 0.15) is 106 Å². The molecule has 7 N–H and O–H groups in total. The average Bonchev–Trinajstić information content (AvgIpc) is 3.28. The highest BCUT2D eigenvalue weighted by Gasteiger charge is 2.35. The number of urea groups is 1. The van der Waals surface area contributed by atoms with Gasteiger partial charge in [0, 0.05) is 44.6 Å². The molecule has 0 saturated carbocycles. The van der Waals surface area contributed by atoms with Gasteiger partial charge < -0.3 is 31.9 Å². The highest BCUT2D eigenvalue weighted by Crippen LogP contribution is 2.29. The number of nitrogens with one attached hydrogen (secondary N) is 3. The quantitative estimate of drug-likeness (QED) is 0.0773. The first-order valence-corrected chi connectivity index (χ1v) is 18.6. The lowest BCUT2D eigenvalue weighted by Crippen LogP contribution is -2.45. The normalized spacial score (nSPS) is 12.9. The lowest BCUT2D eigenvalue weighted by Gasteiger charge is -2.24. The number of amides is 6. The Morgan fingerprint density at radius 3 is 1.90 bits per heavy atom. The SMILES string of the molecule is C.CC.CC(C)[C@H](NC(=O)CCCCCN1C(=O)C(Br)=C(Br)C1=O)C(=O)C[C@@H](CCCNC(N)=O)C(=O)Nc1ccc(CO)cc1.CCC.CO. The first-order chi connectivity index (χ1) is 23.8. The highest BCUT2D eigenvalue weighted by molar-refractivity contribution is 9.14. The molecule has 13 nitrogen and oxygen atoms in total. The monoisotopic (exact) mass is 849 g/mol. The number of aliphatic hydroxyl groups is 2. The van der Waals surface area contributed by atoms with Crippen LogP contribution in [0.25, 0.3) is 0 Å². The van der Waals surface area contributed by atoms with Gasteiger partial charge in [-0.15, -0.1) is 0 Å². The summed E-state index contributed by atoms with van der Waals surface area (Å²) in [5.74, 6) is -2.70. The molecule has 0 fully saturated rings. The molecule has 292 valence electrons. The second-order valence-corrected chi connectivity index (χ2v) is 12.9. The summed E-state index contributed by atoms with van der Waals surface area (Å²) in [7, 11) is 1.00. The van der Waals surface area contributed by atoms with Crippen molar-refractivity contribution in [2.24, 2.45) is 17.6 Å². The van der Waals surface area contributed by atoms with Crippen LogP contribution < -0.4 is 21.7 Å². The van der Waals surface area contributed by atoms with Gasteiger partial charge >= 0.3 is 6.03 Å². The van der Waals surface area contributed by atoms with Gasteiger partial charge in [-0.05, 0) is 81.2 Å². The smallest absolute Gasteiger partial charge is 0.312 e. The summed E-state index contributed by atoms with van der Waals surface area (Å²) in [5.41, 5.74) is 6.32. The van der Waals surface area contributed by atoms with Gasteiger partial charge in [-0.2, -0.15) is 0 Å². The molecule has 0 aromatic heterocycles. The molecule has 6 amide bonds. The third kappa shape index (κ3) is 20.5. The molecule has 0 radical (unpaired) electrons. The Labute approximate surface area is 321 Å². The molecule has 0 spiro atoms. The molecular formula is C36H61Br2N5O8. The van der Waals surface area contributed by atoms with Crippen molar-refractivity contribution in [1.82, 2.24) is 15.5 Å². The summed E-state index contributed by atoms with van der Waals surface area (Å²) in [4.78, 5) is 75.6. The number of rotatable bonds is 18. The van der Waals surface area contributed by atoms with Gasteiger partial charge in [0.1, 0.15) is 8.96 Å². The molecule has 0 aliphatic carbocycles. The Balaban J connectivity index is -0.00000268. The number of aliphatic hydroxyl groups excluding tert-OH is 2. The van der Waals surface area contributed by atoms with E-state index in [1.165, 1.54) is 6.42 Å². The van der Waals surface area contributed by atoms with Crippen LogP contribution in [0.4, 0.5) is 10.5 Å². The van der Waals surface area contributed by atoms with Gasteiger partial charge in [0.2, 0.25) is 11.8 Å². The predicted octanol–water partition coefficient (Wildman–Crippen LogP) is 5.90. The number of halogens is 2. The number of imide groups is 1. The fourth-order valence-corrected chi connectivity index (χ4v) is 5.28. The van der Waals surface area contributed by atoms with E-state index in [1.807, 2.05) is 27.7 Å². The van der Waals surface area contributed by atoms with Gasteiger partial charge in [-0.25, -0.2) is 4.79 Å². The van der Waals surface area contributed by atoms with Crippen molar-refractivity contribution in [3.05, 3.63) is 38.8 Å². The summed E-state index contributed by atoms with van der Waals surface area (Å²) in [6.45, 7) is 12.2. The second-order valence-electron chi connectivity index (χ2n) is 11.3. The van der Waals surface area contributed by atoms with Crippen LogP contribution in [0.5, 0.6) is 0 Å². The van der Waals surface area contributed by atoms with E-state index in [1.54, 1.807) is 24.3 Å². The van der Waals surface area contributed by atoms with Gasteiger partial charge in [0.05, 0.1) is 12.6 Å². The predicted molar refractivity (Wildman–Crippen MR) is 210 cm³/mol. The summed E-state index contributed by atoms with van der Waals surface area (Å²) in [5, 5.41) is 24.3. The van der Waals surface area contributed by atoms with E-state index >= 15 is 0 Å². The number of nitrogens with zero attached hydrogens (tertiary/aromatic N) is 1. The highest BCUT2D eigenvalue weighted by atomic mass is 79.9. The van der Waals surface area contributed by atoms with E-state index in [4.69, 9.17) is 10.8 Å².